The van der Waals surface area contributed by atoms with Crippen molar-refractivity contribution in [3.05, 3.63) is 30.4 Å². The van der Waals surface area contributed by atoms with Crippen LogP contribution in [0.1, 0.15) is 25.5 Å². The molecule has 1 saturated heterocycles. The summed E-state index contributed by atoms with van der Waals surface area (Å²) in [4.78, 5) is 11.3. The predicted octanol–water partition coefficient (Wildman–Crippen LogP) is 1.71. The van der Waals surface area contributed by atoms with Crippen molar-refractivity contribution < 1.29 is 0 Å². The van der Waals surface area contributed by atoms with Crippen LogP contribution in [-0.4, -0.2) is 38.4 Å². The Morgan fingerprint density at radius 1 is 1.45 bits per heavy atom. The third-order valence-electron chi connectivity index (χ3n) is 4.02. The molecule has 110 valence electrons. The molecule has 2 aromatic heterocycles. The molecule has 20 heavy (non-hydrogen) atoms. The lowest BCUT2D eigenvalue weighted by Crippen LogP contribution is -2.45. The Balaban J connectivity index is 0.00000147. The van der Waals surface area contributed by atoms with Crippen LogP contribution in [0.15, 0.2) is 24.7 Å². The van der Waals surface area contributed by atoms with Crippen LogP contribution in [0.4, 0.5) is 0 Å². The highest BCUT2D eigenvalue weighted by Crippen LogP contribution is 2.23. The summed E-state index contributed by atoms with van der Waals surface area (Å²) in [6.45, 7) is 5.03. The summed E-state index contributed by atoms with van der Waals surface area (Å²) in [7, 11) is 0. The van der Waals surface area contributed by atoms with Crippen LogP contribution in [0.25, 0.3) is 5.78 Å². The maximum absolute atomic E-state index is 5.90. The summed E-state index contributed by atoms with van der Waals surface area (Å²) in [6.07, 6.45) is 8.27. The minimum atomic E-state index is 0. The molecule has 0 bridgehead atoms. The molecule has 6 heteroatoms. The standard InChI is InChI=1S/C14H21N5.ClH/c1-11-3-6-18(13(7-11)8-15)9-12-10-19-5-2-4-16-14(19)17-12;/h2,4-5,10-11,13H,3,6-9,15H2,1H3;1H. The summed E-state index contributed by atoms with van der Waals surface area (Å²) in [6, 6.07) is 2.41. The number of halogens is 1. The Hall–Kier alpha value is -1.17. The monoisotopic (exact) mass is 295 g/mol. The van der Waals surface area contributed by atoms with Crippen LogP contribution in [0.3, 0.4) is 0 Å². The van der Waals surface area contributed by atoms with E-state index >= 15 is 0 Å². The fraction of sp³-hybridized carbons (Fsp3) is 0.571. The smallest absolute Gasteiger partial charge is 0.233 e. The maximum atomic E-state index is 5.90. The van der Waals surface area contributed by atoms with E-state index in [2.05, 4.69) is 28.0 Å². The highest BCUT2D eigenvalue weighted by Gasteiger charge is 2.25. The van der Waals surface area contributed by atoms with Gasteiger partial charge in [-0.1, -0.05) is 6.92 Å². The highest BCUT2D eigenvalue weighted by molar-refractivity contribution is 5.85. The maximum Gasteiger partial charge on any atom is 0.233 e. The number of aromatic nitrogens is 3. The molecule has 0 aromatic carbocycles. The lowest BCUT2D eigenvalue weighted by molar-refractivity contribution is 0.114. The normalized spacial score (nSPS) is 23.7. The van der Waals surface area contributed by atoms with Gasteiger partial charge in [0.25, 0.3) is 0 Å². The quantitative estimate of drug-likeness (QED) is 0.936. The van der Waals surface area contributed by atoms with E-state index in [1.165, 1.54) is 12.8 Å². The second-order valence-corrected chi connectivity index (χ2v) is 5.55. The number of piperidine rings is 1. The van der Waals surface area contributed by atoms with Crippen molar-refractivity contribution in [1.82, 2.24) is 19.3 Å². The molecule has 0 aliphatic carbocycles. The van der Waals surface area contributed by atoms with Gasteiger partial charge in [-0.15, -0.1) is 12.4 Å². The van der Waals surface area contributed by atoms with E-state index < -0.39 is 0 Å². The van der Waals surface area contributed by atoms with E-state index in [9.17, 15) is 0 Å². The summed E-state index contributed by atoms with van der Waals surface area (Å²) in [5.41, 5.74) is 6.98. The minimum Gasteiger partial charge on any atom is -0.329 e. The molecule has 0 spiro atoms. The number of nitrogens with zero attached hydrogens (tertiary/aromatic N) is 4. The zero-order chi connectivity index (χ0) is 13.2. The molecule has 2 N–H and O–H groups in total. The fourth-order valence-electron chi connectivity index (χ4n) is 2.92. The number of fused-ring (bicyclic) bond motifs is 1. The fourth-order valence-corrected chi connectivity index (χ4v) is 2.92. The minimum absolute atomic E-state index is 0. The van der Waals surface area contributed by atoms with Gasteiger partial charge in [-0.25, -0.2) is 9.97 Å². The van der Waals surface area contributed by atoms with Crippen LogP contribution >= 0.6 is 12.4 Å². The van der Waals surface area contributed by atoms with Gasteiger partial charge >= 0.3 is 0 Å². The van der Waals surface area contributed by atoms with Crippen molar-refractivity contribution in [3.8, 4) is 0 Å². The highest BCUT2D eigenvalue weighted by atomic mass is 35.5. The van der Waals surface area contributed by atoms with Gasteiger partial charge in [-0.2, -0.15) is 0 Å². The molecule has 0 amide bonds. The van der Waals surface area contributed by atoms with Crippen molar-refractivity contribution in [2.75, 3.05) is 13.1 Å². The number of rotatable bonds is 3. The third-order valence-corrected chi connectivity index (χ3v) is 4.02. The Morgan fingerprint density at radius 2 is 2.30 bits per heavy atom. The summed E-state index contributed by atoms with van der Waals surface area (Å²) in [5.74, 6) is 1.56. The first-order valence-corrected chi connectivity index (χ1v) is 6.99. The van der Waals surface area contributed by atoms with Gasteiger partial charge in [0.1, 0.15) is 0 Å². The Bertz CT molecular complexity index is 522. The molecule has 3 heterocycles. The average molecular weight is 296 g/mol. The van der Waals surface area contributed by atoms with Gasteiger partial charge in [-0.05, 0) is 31.4 Å². The van der Waals surface area contributed by atoms with E-state index in [4.69, 9.17) is 5.73 Å². The molecule has 3 rings (SSSR count). The molecular formula is C14H22ClN5. The van der Waals surface area contributed by atoms with E-state index in [0.717, 1.165) is 37.0 Å². The third kappa shape index (κ3) is 3.11. The summed E-state index contributed by atoms with van der Waals surface area (Å²) in [5, 5.41) is 0. The summed E-state index contributed by atoms with van der Waals surface area (Å²) >= 11 is 0. The molecule has 2 aromatic rings. The van der Waals surface area contributed by atoms with Crippen LogP contribution in [0, 0.1) is 5.92 Å². The SMILES string of the molecule is CC1CCN(Cc2cn3cccnc3n2)C(CN)C1.Cl. The molecular weight excluding hydrogens is 274 g/mol. The van der Waals surface area contributed by atoms with Gasteiger partial charge in [0.05, 0.1) is 5.69 Å². The number of imidazole rings is 1. The average Bonchev–Trinajstić information content (AvgIpc) is 2.83. The largest absolute Gasteiger partial charge is 0.329 e. The van der Waals surface area contributed by atoms with E-state index in [0.29, 0.717) is 6.04 Å². The predicted molar refractivity (Wildman–Crippen MR) is 81.9 cm³/mol. The van der Waals surface area contributed by atoms with Gasteiger partial charge in [0, 0.05) is 37.7 Å². The van der Waals surface area contributed by atoms with Crippen LogP contribution in [0.2, 0.25) is 0 Å². The van der Waals surface area contributed by atoms with Gasteiger partial charge in [-0.3, -0.25) is 9.30 Å². The first-order chi connectivity index (χ1) is 9.26. The van der Waals surface area contributed by atoms with E-state index in [1.807, 2.05) is 16.7 Å². The lowest BCUT2D eigenvalue weighted by Gasteiger charge is -2.37. The molecule has 2 atom stereocenters. The zero-order valence-corrected chi connectivity index (χ0v) is 12.6. The van der Waals surface area contributed by atoms with Crippen LogP contribution in [-0.2, 0) is 6.54 Å². The van der Waals surface area contributed by atoms with E-state index in [1.54, 1.807) is 6.20 Å². The van der Waals surface area contributed by atoms with Crippen LogP contribution < -0.4 is 5.73 Å². The Kier molecular flexibility index (Phi) is 4.96. The first kappa shape index (κ1) is 15.2. The second-order valence-electron chi connectivity index (χ2n) is 5.55. The molecule has 1 aliphatic heterocycles. The van der Waals surface area contributed by atoms with Gasteiger partial charge in [0.2, 0.25) is 5.78 Å². The van der Waals surface area contributed by atoms with Crippen molar-refractivity contribution in [1.29, 1.82) is 0 Å². The molecule has 0 radical (unpaired) electrons. The number of likely N-dealkylation sites (tertiary alicyclic amines) is 1. The van der Waals surface area contributed by atoms with Gasteiger partial charge < -0.3 is 5.73 Å². The molecule has 2 unspecified atom stereocenters. The molecule has 5 nitrogen and oxygen atoms in total. The molecule has 1 aliphatic rings. The zero-order valence-electron chi connectivity index (χ0n) is 11.8. The van der Waals surface area contributed by atoms with E-state index in [-0.39, 0.29) is 12.4 Å². The lowest BCUT2D eigenvalue weighted by atomic mass is 9.92. The van der Waals surface area contributed by atoms with Crippen molar-refractivity contribution in [3.63, 3.8) is 0 Å². The number of nitrogens with two attached hydrogens (primary N) is 1. The number of hydrogen-bond acceptors (Lipinski definition) is 4. The Labute approximate surface area is 125 Å². The Morgan fingerprint density at radius 3 is 3.05 bits per heavy atom. The first-order valence-electron chi connectivity index (χ1n) is 6.99. The molecule has 0 saturated carbocycles. The topological polar surface area (TPSA) is 59.5 Å². The van der Waals surface area contributed by atoms with Crippen LogP contribution in [0.5, 0.6) is 0 Å². The van der Waals surface area contributed by atoms with Gasteiger partial charge in [0.15, 0.2) is 0 Å². The van der Waals surface area contributed by atoms with Crippen molar-refractivity contribution in [2.45, 2.75) is 32.4 Å². The summed E-state index contributed by atoms with van der Waals surface area (Å²) < 4.78 is 1.97. The number of hydrogen-bond donors (Lipinski definition) is 1. The molecule has 1 fully saturated rings. The van der Waals surface area contributed by atoms with Crippen molar-refractivity contribution in [2.24, 2.45) is 11.7 Å². The van der Waals surface area contributed by atoms with Crippen molar-refractivity contribution >= 4 is 18.2 Å². The second kappa shape index (κ2) is 6.52.